The maximum atomic E-state index is 6.52. The molecule has 21 heavy (non-hydrogen) atoms. The van der Waals surface area contributed by atoms with E-state index in [1.807, 2.05) is 7.05 Å². The maximum absolute atomic E-state index is 6.52. The van der Waals surface area contributed by atoms with E-state index in [1.54, 1.807) is 0 Å². The van der Waals surface area contributed by atoms with Gasteiger partial charge in [-0.05, 0) is 32.5 Å². The number of fused-ring (bicyclic) bond motifs is 1. The van der Waals surface area contributed by atoms with Crippen molar-refractivity contribution < 1.29 is 9.47 Å². The van der Waals surface area contributed by atoms with Gasteiger partial charge in [-0.25, -0.2) is 0 Å². The highest BCUT2D eigenvalue weighted by atomic mass is 79.9. The molecule has 3 atom stereocenters. The minimum Gasteiger partial charge on any atom is -0.487 e. The van der Waals surface area contributed by atoms with Gasteiger partial charge < -0.3 is 14.8 Å². The van der Waals surface area contributed by atoms with Crippen molar-refractivity contribution in [3.05, 3.63) is 28.2 Å². The Morgan fingerprint density at radius 3 is 2.95 bits per heavy atom. The molecule has 2 aliphatic heterocycles. The molecule has 1 spiro atoms. The summed E-state index contributed by atoms with van der Waals surface area (Å²) in [4.78, 5) is 0. The predicted molar refractivity (Wildman–Crippen MR) is 87.8 cm³/mol. The Hall–Kier alpha value is -0.580. The summed E-state index contributed by atoms with van der Waals surface area (Å²) in [5.74, 6) is 1.01. The van der Waals surface area contributed by atoms with Gasteiger partial charge >= 0.3 is 0 Å². The Morgan fingerprint density at radius 2 is 2.24 bits per heavy atom. The van der Waals surface area contributed by atoms with Gasteiger partial charge in [-0.2, -0.15) is 0 Å². The SMILES string of the molecule is CCC1(C)CC2(CCO1)CC(NC)c1ccc(Br)cc1O2. The number of rotatable bonds is 2. The molecule has 0 aliphatic carbocycles. The minimum absolute atomic E-state index is 0.0694. The Bertz CT molecular complexity index is 536. The lowest BCUT2D eigenvalue weighted by Crippen LogP contribution is -2.53. The molecule has 0 radical (unpaired) electrons. The summed E-state index contributed by atoms with van der Waals surface area (Å²) in [5.41, 5.74) is 1.08. The van der Waals surface area contributed by atoms with Gasteiger partial charge in [-0.3, -0.25) is 0 Å². The summed E-state index contributed by atoms with van der Waals surface area (Å²) in [6.07, 6.45) is 3.96. The van der Waals surface area contributed by atoms with E-state index in [0.717, 1.165) is 42.5 Å². The van der Waals surface area contributed by atoms with Crippen LogP contribution < -0.4 is 10.1 Å². The largest absolute Gasteiger partial charge is 0.487 e. The molecular formula is C17H24BrNO2. The predicted octanol–water partition coefficient (Wildman–Crippen LogP) is 4.21. The summed E-state index contributed by atoms with van der Waals surface area (Å²) in [6, 6.07) is 6.69. The van der Waals surface area contributed by atoms with Crippen LogP contribution in [0.15, 0.2) is 22.7 Å². The van der Waals surface area contributed by atoms with Crippen LogP contribution in [0.2, 0.25) is 0 Å². The van der Waals surface area contributed by atoms with Crippen molar-refractivity contribution in [2.45, 2.75) is 56.8 Å². The molecule has 3 nitrogen and oxygen atoms in total. The number of hydrogen-bond donors (Lipinski definition) is 1. The highest BCUT2D eigenvalue weighted by molar-refractivity contribution is 9.10. The quantitative estimate of drug-likeness (QED) is 0.863. The average Bonchev–Trinajstić information content (AvgIpc) is 2.45. The first-order chi connectivity index (χ1) is 9.99. The molecule has 3 unspecified atom stereocenters. The van der Waals surface area contributed by atoms with Gasteiger partial charge in [0.25, 0.3) is 0 Å². The van der Waals surface area contributed by atoms with Gasteiger partial charge in [0.05, 0.1) is 12.2 Å². The van der Waals surface area contributed by atoms with Crippen LogP contribution in [0.25, 0.3) is 0 Å². The van der Waals surface area contributed by atoms with Crippen molar-refractivity contribution in [1.82, 2.24) is 5.32 Å². The molecule has 4 heteroatoms. The molecule has 0 amide bonds. The van der Waals surface area contributed by atoms with Crippen LogP contribution in [0, 0.1) is 0 Å². The first kappa shape index (κ1) is 15.3. The molecule has 1 aromatic rings. The van der Waals surface area contributed by atoms with Gasteiger partial charge in [-0.1, -0.05) is 28.9 Å². The van der Waals surface area contributed by atoms with Crippen LogP contribution in [-0.4, -0.2) is 24.9 Å². The summed E-state index contributed by atoms with van der Waals surface area (Å²) >= 11 is 3.56. The molecular weight excluding hydrogens is 330 g/mol. The van der Waals surface area contributed by atoms with E-state index >= 15 is 0 Å². The third-order valence-electron chi connectivity index (χ3n) is 5.05. The van der Waals surface area contributed by atoms with Crippen LogP contribution in [0.5, 0.6) is 5.75 Å². The highest BCUT2D eigenvalue weighted by Crippen LogP contribution is 2.48. The van der Waals surface area contributed by atoms with E-state index in [4.69, 9.17) is 9.47 Å². The number of hydrogen-bond acceptors (Lipinski definition) is 3. The molecule has 2 heterocycles. The third kappa shape index (κ3) is 2.86. The topological polar surface area (TPSA) is 30.5 Å². The average molecular weight is 354 g/mol. The molecule has 1 N–H and O–H groups in total. The summed E-state index contributed by atoms with van der Waals surface area (Å²) in [5, 5.41) is 3.46. The summed E-state index contributed by atoms with van der Waals surface area (Å²) in [7, 11) is 2.04. The normalized spacial score (nSPS) is 35.3. The fourth-order valence-electron chi connectivity index (χ4n) is 3.69. The summed E-state index contributed by atoms with van der Waals surface area (Å²) in [6.45, 7) is 5.19. The second-order valence-electron chi connectivity index (χ2n) is 6.59. The van der Waals surface area contributed by atoms with Crippen LogP contribution in [-0.2, 0) is 4.74 Å². The number of nitrogens with one attached hydrogen (secondary N) is 1. The van der Waals surface area contributed by atoms with Crippen LogP contribution in [0.1, 0.15) is 51.1 Å². The highest BCUT2D eigenvalue weighted by Gasteiger charge is 2.48. The van der Waals surface area contributed by atoms with Crippen LogP contribution in [0.4, 0.5) is 0 Å². The minimum atomic E-state index is -0.107. The zero-order valence-electron chi connectivity index (χ0n) is 13.0. The van der Waals surface area contributed by atoms with E-state index in [1.165, 1.54) is 5.56 Å². The van der Waals surface area contributed by atoms with Crippen molar-refractivity contribution in [2.24, 2.45) is 0 Å². The second kappa shape index (κ2) is 5.56. The third-order valence-corrected chi connectivity index (χ3v) is 5.55. The molecule has 116 valence electrons. The van der Waals surface area contributed by atoms with E-state index in [9.17, 15) is 0 Å². The van der Waals surface area contributed by atoms with E-state index in [-0.39, 0.29) is 11.2 Å². The van der Waals surface area contributed by atoms with Gasteiger partial charge in [0, 0.05) is 35.3 Å². The van der Waals surface area contributed by atoms with Crippen molar-refractivity contribution in [2.75, 3.05) is 13.7 Å². The van der Waals surface area contributed by atoms with E-state index in [0.29, 0.717) is 6.04 Å². The lowest BCUT2D eigenvalue weighted by Gasteiger charge is -2.49. The standard InChI is InChI=1S/C17H24BrNO2/c1-4-16(2)11-17(7-8-20-16)10-14(19-3)13-6-5-12(18)9-15(13)21-17/h5-6,9,14,19H,4,7-8,10-11H2,1-3H3. The lowest BCUT2D eigenvalue weighted by molar-refractivity contribution is -0.152. The second-order valence-corrected chi connectivity index (χ2v) is 7.51. The van der Waals surface area contributed by atoms with E-state index < -0.39 is 0 Å². The van der Waals surface area contributed by atoms with E-state index in [2.05, 4.69) is 53.3 Å². The molecule has 0 saturated carbocycles. The van der Waals surface area contributed by atoms with Crippen molar-refractivity contribution >= 4 is 15.9 Å². The van der Waals surface area contributed by atoms with Gasteiger partial charge in [0.15, 0.2) is 0 Å². The molecule has 2 aliphatic rings. The molecule has 3 rings (SSSR count). The maximum Gasteiger partial charge on any atom is 0.126 e. The van der Waals surface area contributed by atoms with Crippen molar-refractivity contribution in [1.29, 1.82) is 0 Å². The molecule has 0 aromatic heterocycles. The Balaban J connectivity index is 1.95. The van der Waals surface area contributed by atoms with Crippen molar-refractivity contribution in [3.8, 4) is 5.75 Å². The van der Waals surface area contributed by atoms with Crippen LogP contribution >= 0.6 is 15.9 Å². The number of benzene rings is 1. The Labute approximate surface area is 135 Å². The fraction of sp³-hybridized carbons (Fsp3) is 0.647. The Kier molecular flexibility index (Phi) is 4.06. The lowest BCUT2D eigenvalue weighted by atomic mass is 9.75. The number of ether oxygens (including phenoxy) is 2. The van der Waals surface area contributed by atoms with Gasteiger partial charge in [0.1, 0.15) is 11.4 Å². The zero-order chi connectivity index (χ0) is 15.1. The molecule has 0 bridgehead atoms. The van der Waals surface area contributed by atoms with Crippen molar-refractivity contribution in [3.63, 3.8) is 0 Å². The summed E-state index contributed by atoms with van der Waals surface area (Å²) < 4.78 is 13.6. The molecule has 1 aromatic carbocycles. The van der Waals surface area contributed by atoms with Gasteiger partial charge in [-0.15, -0.1) is 0 Å². The monoisotopic (exact) mass is 353 g/mol. The van der Waals surface area contributed by atoms with Gasteiger partial charge in [0.2, 0.25) is 0 Å². The molecule has 1 fully saturated rings. The smallest absolute Gasteiger partial charge is 0.126 e. The van der Waals surface area contributed by atoms with Crippen LogP contribution in [0.3, 0.4) is 0 Å². The zero-order valence-corrected chi connectivity index (χ0v) is 14.6. The number of halogens is 1. The first-order valence-corrected chi connectivity index (χ1v) is 8.58. The molecule has 1 saturated heterocycles. The fourth-order valence-corrected chi connectivity index (χ4v) is 4.03. The Morgan fingerprint density at radius 1 is 1.43 bits per heavy atom. The first-order valence-electron chi connectivity index (χ1n) is 7.79.